The predicted octanol–water partition coefficient (Wildman–Crippen LogP) is -0.00678. The van der Waals surface area contributed by atoms with Crippen molar-refractivity contribution in [2.24, 2.45) is 7.05 Å². The number of hydrogen-bond acceptors (Lipinski definition) is 4. The molecule has 0 aromatic carbocycles. The molecular formula is C12H18N6O. The minimum Gasteiger partial charge on any atom is -0.354 e. The number of rotatable bonds is 4. The van der Waals surface area contributed by atoms with Crippen molar-refractivity contribution >= 4 is 5.91 Å². The lowest BCUT2D eigenvalue weighted by atomic mass is 10.2. The SMILES string of the molecule is CNCc1c(C)nn(C)c1-n1ccc(C(=O)NC)n1. The van der Waals surface area contributed by atoms with Gasteiger partial charge in [0.2, 0.25) is 0 Å². The zero-order valence-corrected chi connectivity index (χ0v) is 11.6. The summed E-state index contributed by atoms with van der Waals surface area (Å²) in [5.74, 6) is 0.662. The molecule has 0 aliphatic carbocycles. The second-order valence-corrected chi connectivity index (χ2v) is 4.27. The van der Waals surface area contributed by atoms with Crippen LogP contribution in [0.3, 0.4) is 0 Å². The predicted molar refractivity (Wildman–Crippen MR) is 71.2 cm³/mol. The summed E-state index contributed by atoms with van der Waals surface area (Å²) in [4.78, 5) is 11.5. The molecule has 7 nitrogen and oxygen atoms in total. The molecule has 0 fully saturated rings. The van der Waals surface area contributed by atoms with Crippen molar-refractivity contribution in [2.45, 2.75) is 13.5 Å². The monoisotopic (exact) mass is 262 g/mol. The first-order chi connectivity index (χ1) is 9.08. The zero-order chi connectivity index (χ0) is 14.0. The molecule has 0 radical (unpaired) electrons. The first-order valence-electron chi connectivity index (χ1n) is 6.03. The molecule has 2 N–H and O–H groups in total. The van der Waals surface area contributed by atoms with E-state index in [0.717, 1.165) is 17.1 Å². The van der Waals surface area contributed by atoms with Gasteiger partial charge in [-0.25, -0.2) is 4.68 Å². The van der Waals surface area contributed by atoms with Crippen molar-refractivity contribution in [2.75, 3.05) is 14.1 Å². The van der Waals surface area contributed by atoms with Crippen LogP contribution in [0.15, 0.2) is 12.3 Å². The van der Waals surface area contributed by atoms with Gasteiger partial charge in [-0.2, -0.15) is 10.2 Å². The molecule has 2 aromatic heterocycles. The molecule has 0 atom stereocenters. The van der Waals surface area contributed by atoms with Gasteiger partial charge >= 0.3 is 0 Å². The molecule has 0 saturated heterocycles. The first-order valence-corrected chi connectivity index (χ1v) is 6.03. The normalized spacial score (nSPS) is 10.7. The summed E-state index contributed by atoms with van der Waals surface area (Å²) in [6.45, 7) is 2.66. The highest BCUT2D eigenvalue weighted by molar-refractivity contribution is 5.91. The van der Waals surface area contributed by atoms with Crippen LogP contribution in [-0.2, 0) is 13.6 Å². The number of hydrogen-bond donors (Lipinski definition) is 2. The van der Waals surface area contributed by atoms with Crippen molar-refractivity contribution in [3.63, 3.8) is 0 Å². The number of aromatic nitrogens is 4. The van der Waals surface area contributed by atoms with Crippen LogP contribution >= 0.6 is 0 Å². The van der Waals surface area contributed by atoms with E-state index < -0.39 is 0 Å². The lowest BCUT2D eigenvalue weighted by Gasteiger charge is -2.06. The highest BCUT2D eigenvalue weighted by atomic mass is 16.1. The lowest BCUT2D eigenvalue weighted by molar-refractivity contribution is 0.0957. The maximum Gasteiger partial charge on any atom is 0.271 e. The van der Waals surface area contributed by atoms with Crippen molar-refractivity contribution in [3.05, 3.63) is 29.2 Å². The molecule has 2 rings (SSSR count). The summed E-state index contributed by atoms with van der Waals surface area (Å²) in [6, 6.07) is 1.68. The van der Waals surface area contributed by atoms with Gasteiger partial charge in [0.15, 0.2) is 11.5 Å². The molecular weight excluding hydrogens is 244 g/mol. The van der Waals surface area contributed by atoms with Gasteiger partial charge in [0, 0.05) is 32.4 Å². The third-order valence-corrected chi connectivity index (χ3v) is 2.93. The Kier molecular flexibility index (Phi) is 3.66. The number of carbonyl (C=O) groups excluding carboxylic acids is 1. The fraction of sp³-hybridized carbons (Fsp3) is 0.417. The Labute approximate surface area is 111 Å². The van der Waals surface area contributed by atoms with Crippen LogP contribution in [0.5, 0.6) is 0 Å². The fourth-order valence-electron chi connectivity index (χ4n) is 2.05. The maximum absolute atomic E-state index is 11.5. The molecule has 1 amide bonds. The summed E-state index contributed by atoms with van der Waals surface area (Å²) >= 11 is 0. The van der Waals surface area contributed by atoms with Gasteiger partial charge in [-0.05, 0) is 20.0 Å². The third kappa shape index (κ3) is 2.37. The highest BCUT2D eigenvalue weighted by Gasteiger charge is 2.16. The van der Waals surface area contributed by atoms with E-state index in [1.165, 1.54) is 0 Å². The summed E-state index contributed by atoms with van der Waals surface area (Å²) < 4.78 is 3.44. The summed E-state index contributed by atoms with van der Waals surface area (Å²) in [5, 5.41) is 14.4. The van der Waals surface area contributed by atoms with E-state index in [1.807, 2.05) is 21.0 Å². The Bertz CT molecular complexity index is 597. The smallest absolute Gasteiger partial charge is 0.271 e. The first kappa shape index (κ1) is 13.3. The van der Waals surface area contributed by atoms with Crippen LogP contribution in [0.1, 0.15) is 21.7 Å². The standard InChI is InChI=1S/C12H18N6O/c1-8-9(7-13-2)12(17(4)15-8)18-6-5-10(16-18)11(19)14-3/h5-6,13H,7H2,1-4H3,(H,14,19). The average molecular weight is 262 g/mol. The Balaban J connectivity index is 2.46. The molecule has 0 aliphatic heterocycles. The Morgan fingerprint density at radius 1 is 1.37 bits per heavy atom. The van der Waals surface area contributed by atoms with E-state index in [2.05, 4.69) is 20.8 Å². The molecule has 19 heavy (non-hydrogen) atoms. The lowest BCUT2D eigenvalue weighted by Crippen LogP contribution is -2.19. The Morgan fingerprint density at radius 2 is 2.11 bits per heavy atom. The molecule has 102 valence electrons. The highest BCUT2D eigenvalue weighted by Crippen LogP contribution is 2.17. The van der Waals surface area contributed by atoms with E-state index in [-0.39, 0.29) is 5.91 Å². The van der Waals surface area contributed by atoms with Gasteiger partial charge in [-0.1, -0.05) is 0 Å². The number of carbonyl (C=O) groups is 1. The van der Waals surface area contributed by atoms with Crippen molar-refractivity contribution in [1.82, 2.24) is 30.2 Å². The number of amides is 1. The zero-order valence-electron chi connectivity index (χ0n) is 11.6. The number of aryl methyl sites for hydroxylation is 2. The van der Waals surface area contributed by atoms with E-state index >= 15 is 0 Å². The molecule has 0 aliphatic rings. The summed E-state index contributed by atoms with van der Waals surface area (Å²) in [7, 11) is 5.33. The third-order valence-electron chi connectivity index (χ3n) is 2.93. The largest absolute Gasteiger partial charge is 0.354 e. The Hall–Kier alpha value is -2.15. The molecule has 2 heterocycles. The van der Waals surface area contributed by atoms with E-state index in [1.54, 1.807) is 28.7 Å². The molecule has 7 heteroatoms. The number of nitrogens with zero attached hydrogens (tertiary/aromatic N) is 4. The minimum absolute atomic E-state index is 0.201. The molecule has 0 spiro atoms. The molecule has 0 unspecified atom stereocenters. The second kappa shape index (κ2) is 5.23. The van der Waals surface area contributed by atoms with Crippen LogP contribution < -0.4 is 10.6 Å². The minimum atomic E-state index is -0.201. The van der Waals surface area contributed by atoms with Crippen LogP contribution in [0.25, 0.3) is 5.82 Å². The fourth-order valence-corrected chi connectivity index (χ4v) is 2.05. The van der Waals surface area contributed by atoms with E-state index in [9.17, 15) is 4.79 Å². The van der Waals surface area contributed by atoms with Gasteiger partial charge in [0.05, 0.1) is 5.69 Å². The van der Waals surface area contributed by atoms with Gasteiger partial charge in [0.1, 0.15) is 0 Å². The van der Waals surface area contributed by atoms with Crippen LogP contribution in [-0.4, -0.2) is 39.6 Å². The average Bonchev–Trinajstić information content (AvgIpc) is 2.95. The van der Waals surface area contributed by atoms with Crippen molar-refractivity contribution < 1.29 is 4.79 Å². The van der Waals surface area contributed by atoms with Gasteiger partial charge in [-0.15, -0.1) is 0 Å². The van der Waals surface area contributed by atoms with Crippen LogP contribution in [0, 0.1) is 6.92 Å². The van der Waals surface area contributed by atoms with Crippen molar-refractivity contribution in [1.29, 1.82) is 0 Å². The van der Waals surface area contributed by atoms with E-state index in [4.69, 9.17) is 0 Å². The second-order valence-electron chi connectivity index (χ2n) is 4.27. The number of nitrogens with one attached hydrogen (secondary N) is 2. The maximum atomic E-state index is 11.5. The molecule has 0 saturated carbocycles. The van der Waals surface area contributed by atoms with Crippen LogP contribution in [0.2, 0.25) is 0 Å². The van der Waals surface area contributed by atoms with Crippen molar-refractivity contribution in [3.8, 4) is 5.82 Å². The Morgan fingerprint density at radius 3 is 2.74 bits per heavy atom. The van der Waals surface area contributed by atoms with Gasteiger partial charge in [0.25, 0.3) is 5.91 Å². The quantitative estimate of drug-likeness (QED) is 0.812. The summed E-state index contributed by atoms with van der Waals surface area (Å²) in [5.41, 5.74) is 2.40. The summed E-state index contributed by atoms with van der Waals surface area (Å²) in [6.07, 6.45) is 1.76. The molecule has 2 aromatic rings. The van der Waals surface area contributed by atoms with Gasteiger partial charge < -0.3 is 10.6 Å². The van der Waals surface area contributed by atoms with Gasteiger partial charge in [-0.3, -0.25) is 9.48 Å². The molecule has 0 bridgehead atoms. The van der Waals surface area contributed by atoms with Crippen LogP contribution in [0.4, 0.5) is 0 Å². The topological polar surface area (TPSA) is 76.8 Å². The van der Waals surface area contributed by atoms with E-state index in [0.29, 0.717) is 12.2 Å².